The molecule has 1 unspecified atom stereocenters. The lowest BCUT2D eigenvalue weighted by Gasteiger charge is -2.37. The van der Waals surface area contributed by atoms with Crippen LogP contribution in [0.2, 0.25) is 0 Å². The van der Waals surface area contributed by atoms with Crippen LogP contribution in [0, 0.1) is 12.3 Å². The number of hydrogen-bond donors (Lipinski definition) is 0. The summed E-state index contributed by atoms with van der Waals surface area (Å²) in [4.78, 5) is 33.8. The zero-order valence-electron chi connectivity index (χ0n) is 20.5. The topological polar surface area (TPSA) is 43.9 Å². The van der Waals surface area contributed by atoms with Crippen molar-refractivity contribution in [2.45, 2.75) is 53.0 Å². The molecule has 4 rings (SSSR count). The summed E-state index contributed by atoms with van der Waals surface area (Å²) < 4.78 is 0. The molecule has 0 radical (unpaired) electrons. The Bertz CT molecular complexity index is 993. The van der Waals surface area contributed by atoms with Gasteiger partial charge in [0.2, 0.25) is 11.8 Å². The fourth-order valence-corrected chi connectivity index (χ4v) is 5.96. The van der Waals surface area contributed by atoms with Gasteiger partial charge in [-0.3, -0.25) is 14.5 Å². The van der Waals surface area contributed by atoms with Gasteiger partial charge in [0, 0.05) is 44.0 Å². The SMILES string of the molecule is Cc1ccccc1C1c2ccsc2CCN1CC(=O)N1CCCN(C(=O)CC(C)(C)C)CC1. The van der Waals surface area contributed by atoms with Crippen LogP contribution in [0.15, 0.2) is 35.7 Å². The highest BCUT2D eigenvalue weighted by Crippen LogP contribution is 2.38. The van der Waals surface area contributed by atoms with Crippen LogP contribution in [-0.4, -0.2) is 65.8 Å². The Balaban J connectivity index is 1.45. The molecule has 33 heavy (non-hydrogen) atoms. The van der Waals surface area contributed by atoms with Gasteiger partial charge in [0.15, 0.2) is 0 Å². The number of rotatable bonds is 4. The van der Waals surface area contributed by atoms with E-state index in [1.54, 1.807) is 0 Å². The van der Waals surface area contributed by atoms with Crippen LogP contribution in [0.3, 0.4) is 0 Å². The van der Waals surface area contributed by atoms with E-state index in [-0.39, 0.29) is 23.3 Å². The van der Waals surface area contributed by atoms with Crippen molar-refractivity contribution in [1.29, 1.82) is 0 Å². The Morgan fingerprint density at radius 2 is 1.64 bits per heavy atom. The molecule has 3 heterocycles. The van der Waals surface area contributed by atoms with Gasteiger partial charge in [0.25, 0.3) is 0 Å². The highest BCUT2D eigenvalue weighted by molar-refractivity contribution is 7.10. The fourth-order valence-electron chi connectivity index (χ4n) is 5.05. The highest BCUT2D eigenvalue weighted by Gasteiger charge is 2.33. The third kappa shape index (κ3) is 5.67. The fraction of sp³-hybridized carbons (Fsp3) is 0.556. The zero-order chi connectivity index (χ0) is 23.6. The molecule has 0 aliphatic carbocycles. The first-order valence-electron chi connectivity index (χ1n) is 12.1. The lowest BCUT2D eigenvalue weighted by molar-refractivity contribution is -0.135. The predicted octanol–water partition coefficient (Wildman–Crippen LogP) is 4.50. The maximum atomic E-state index is 13.4. The van der Waals surface area contributed by atoms with Gasteiger partial charge in [-0.2, -0.15) is 0 Å². The van der Waals surface area contributed by atoms with Crippen molar-refractivity contribution in [1.82, 2.24) is 14.7 Å². The average Bonchev–Trinajstić information content (AvgIpc) is 3.08. The Morgan fingerprint density at radius 3 is 2.33 bits per heavy atom. The Hall–Kier alpha value is -2.18. The molecule has 6 heteroatoms. The summed E-state index contributed by atoms with van der Waals surface area (Å²) in [5, 5.41) is 2.18. The van der Waals surface area contributed by atoms with E-state index in [2.05, 4.69) is 68.3 Å². The van der Waals surface area contributed by atoms with E-state index >= 15 is 0 Å². The lowest BCUT2D eigenvalue weighted by Crippen LogP contribution is -2.45. The van der Waals surface area contributed by atoms with Gasteiger partial charge in [-0.15, -0.1) is 11.3 Å². The molecule has 5 nitrogen and oxygen atoms in total. The van der Waals surface area contributed by atoms with Crippen LogP contribution in [-0.2, 0) is 16.0 Å². The summed E-state index contributed by atoms with van der Waals surface area (Å²) in [5.41, 5.74) is 3.89. The molecule has 0 saturated carbocycles. The summed E-state index contributed by atoms with van der Waals surface area (Å²) in [7, 11) is 0. The molecule has 2 aliphatic heterocycles. The van der Waals surface area contributed by atoms with Gasteiger partial charge in [-0.05, 0) is 53.3 Å². The second-order valence-electron chi connectivity index (χ2n) is 10.6. The molecular weight excluding hydrogens is 430 g/mol. The maximum Gasteiger partial charge on any atom is 0.236 e. The first-order chi connectivity index (χ1) is 15.7. The van der Waals surface area contributed by atoms with Gasteiger partial charge in [0.1, 0.15) is 0 Å². The van der Waals surface area contributed by atoms with E-state index in [4.69, 9.17) is 0 Å². The molecule has 2 amide bonds. The summed E-state index contributed by atoms with van der Waals surface area (Å²) in [6, 6.07) is 10.9. The second kappa shape index (κ2) is 9.98. The summed E-state index contributed by atoms with van der Waals surface area (Å²) in [6.45, 7) is 12.5. The standard InChI is InChI=1S/C27H37N3O2S/c1-20-8-5-6-9-21(20)26-22-11-17-33-23(22)10-14-30(26)19-25(32)29-13-7-12-28(15-16-29)24(31)18-27(2,3)4/h5-6,8-9,11,17,26H,7,10,12-16,18-19H2,1-4H3. The van der Waals surface area contributed by atoms with Crippen molar-refractivity contribution in [2.75, 3.05) is 39.3 Å². The average molecular weight is 468 g/mol. The van der Waals surface area contributed by atoms with E-state index in [1.807, 2.05) is 21.1 Å². The number of thiophene rings is 1. The van der Waals surface area contributed by atoms with Gasteiger partial charge in [-0.1, -0.05) is 45.0 Å². The number of benzene rings is 1. The van der Waals surface area contributed by atoms with Crippen molar-refractivity contribution in [3.05, 3.63) is 57.3 Å². The van der Waals surface area contributed by atoms with E-state index in [1.165, 1.54) is 21.6 Å². The van der Waals surface area contributed by atoms with Crippen LogP contribution >= 0.6 is 11.3 Å². The monoisotopic (exact) mass is 467 g/mol. The Morgan fingerprint density at radius 1 is 0.939 bits per heavy atom. The molecule has 0 spiro atoms. The summed E-state index contributed by atoms with van der Waals surface area (Å²) >= 11 is 1.83. The van der Waals surface area contributed by atoms with Gasteiger partial charge in [-0.25, -0.2) is 0 Å². The number of carbonyl (C=O) groups is 2. The molecule has 0 N–H and O–H groups in total. The zero-order valence-corrected chi connectivity index (χ0v) is 21.3. The molecule has 1 atom stereocenters. The second-order valence-corrected chi connectivity index (χ2v) is 11.6. The van der Waals surface area contributed by atoms with Crippen LogP contribution in [0.25, 0.3) is 0 Å². The molecule has 1 fully saturated rings. The van der Waals surface area contributed by atoms with Crippen LogP contribution < -0.4 is 0 Å². The molecule has 1 saturated heterocycles. The number of fused-ring (bicyclic) bond motifs is 1. The van der Waals surface area contributed by atoms with Crippen molar-refractivity contribution in [2.24, 2.45) is 5.41 Å². The van der Waals surface area contributed by atoms with Crippen molar-refractivity contribution in [3.8, 4) is 0 Å². The Labute approximate surface area is 202 Å². The molecule has 2 aromatic rings. The number of nitrogens with zero attached hydrogens (tertiary/aromatic N) is 3. The minimum Gasteiger partial charge on any atom is -0.341 e. The molecule has 0 bridgehead atoms. The molecule has 1 aromatic carbocycles. The third-order valence-corrected chi connectivity index (χ3v) is 7.77. The first kappa shape index (κ1) is 24.0. The molecule has 2 aliphatic rings. The number of aryl methyl sites for hydroxylation is 1. The van der Waals surface area contributed by atoms with Gasteiger partial charge >= 0.3 is 0 Å². The minimum atomic E-state index is -0.0156. The van der Waals surface area contributed by atoms with E-state index in [9.17, 15) is 9.59 Å². The van der Waals surface area contributed by atoms with Crippen LogP contribution in [0.5, 0.6) is 0 Å². The lowest BCUT2D eigenvalue weighted by atomic mass is 9.90. The van der Waals surface area contributed by atoms with Gasteiger partial charge < -0.3 is 9.80 Å². The van der Waals surface area contributed by atoms with Crippen molar-refractivity contribution in [3.63, 3.8) is 0 Å². The first-order valence-corrected chi connectivity index (χ1v) is 13.0. The van der Waals surface area contributed by atoms with Crippen LogP contribution in [0.1, 0.15) is 61.2 Å². The highest BCUT2D eigenvalue weighted by atomic mass is 32.1. The maximum absolute atomic E-state index is 13.4. The predicted molar refractivity (Wildman–Crippen MR) is 134 cm³/mol. The Kier molecular flexibility index (Phi) is 7.25. The van der Waals surface area contributed by atoms with E-state index in [0.29, 0.717) is 26.1 Å². The van der Waals surface area contributed by atoms with E-state index < -0.39 is 0 Å². The number of hydrogen-bond acceptors (Lipinski definition) is 4. The van der Waals surface area contributed by atoms with E-state index in [0.717, 1.165) is 32.5 Å². The van der Waals surface area contributed by atoms with Gasteiger partial charge in [0.05, 0.1) is 12.6 Å². The normalized spacial score (nSPS) is 19.8. The quantitative estimate of drug-likeness (QED) is 0.665. The number of amides is 2. The smallest absolute Gasteiger partial charge is 0.236 e. The molecular formula is C27H37N3O2S. The van der Waals surface area contributed by atoms with Crippen molar-refractivity contribution < 1.29 is 9.59 Å². The third-order valence-electron chi connectivity index (χ3n) is 6.77. The largest absolute Gasteiger partial charge is 0.341 e. The summed E-state index contributed by atoms with van der Waals surface area (Å²) in [5.74, 6) is 0.384. The minimum absolute atomic E-state index is 0.0156. The van der Waals surface area contributed by atoms with Crippen molar-refractivity contribution >= 4 is 23.2 Å². The van der Waals surface area contributed by atoms with Crippen LogP contribution in [0.4, 0.5) is 0 Å². The number of carbonyl (C=O) groups excluding carboxylic acids is 2. The molecule has 178 valence electrons. The molecule has 1 aromatic heterocycles. The summed E-state index contributed by atoms with van der Waals surface area (Å²) in [6.07, 6.45) is 2.39.